The van der Waals surface area contributed by atoms with Crippen LogP contribution in [0.25, 0.3) is 0 Å². The molecule has 0 aliphatic carbocycles. The van der Waals surface area contributed by atoms with Gasteiger partial charge in [-0.3, -0.25) is 24.0 Å². The van der Waals surface area contributed by atoms with Crippen LogP contribution in [0, 0.1) is 0 Å². The number of carbonyl (C=O) groups excluding carboxylic acids is 6. The average molecular weight is 417 g/mol. The summed E-state index contributed by atoms with van der Waals surface area (Å²) in [6, 6.07) is 0. The number of imide groups is 2. The van der Waals surface area contributed by atoms with Crippen molar-refractivity contribution in [2.45, 2.75) is 25.7 Å². The number of hydrogen-bond acceptors (Lipinski definition) is 11. The summed E-state index contributed by atoms with van der Waals surface area (Å²) in [7, 11) is 0. The fraction of sp³-hybridized carbons (Fsp3) is 0.600. The molecule has 2 aliphatic heterocycles. The first-order valence-electron chi connectivity index (χ1n) is 8.56. The molecular weight excluding hydrogens is 398 g/mol. The lowest BCUT2D eigenvalue weighted by Crippen LogP contribution is -2.37. The van der Waals surface area contributed by atoms with E-state index in [0.717, 1.165) is 0 Å². The van der Waals surface area contributed by atoms with Crippen LogP contribution in [-0.2, 0) is 48.0 Å². The third-order valence-corrected chi connectivity index (χ3v) is 3.46. The van der Waals surface area contributed by atoms with Crippen LogP contribution in [0.4, 0.5) is 4.79 Å². The Hall–Kier alpha value is -3.10. The molecule has 2 rings (SSSR count). The summed E-state index contributed by atoms with van der Waals surface area (Å²) < 4.78 is 10.1. The fourth-order valence-electron chi connectivity index (χ4n) is 2.13. The Morgan fingerprint density at radius 2 is 1.21 bits per heavy atom. The molecule has 2 aliphatic rings. The zero-order chi connectivity index (χ0) is 21.2. The number of nitrogens with zero attached hydrogens (tertiary/aromatic N) is 2. The zero-order valence-electron chi connectivity index (χ0n) is 15.2. The SMILES string of the molecule is O=C(COCCOCCONC(=O)ON1C(=O)CCC1=O)ON1C(=O)CCC1=O. The summed E-state index contributed by atoms with van der Waals surface area (Å²) in [5.74, 6) is -3.28. The minimum Gasteiger partial charge on any atom is -0.377 e. The number of nitrogens with one attached hydrogen (secondary N) is 1. The first kappa shape index (κ1) is 22.2. The third-order valence-electron chi connectivity index (χ3n) is 3.46. The van der Waals surface area contributed by atoms with Crippen LogP contribution in [0.15, 0.2) is 0 Å². The highest BCUT2D eigenvalue weighted by Gasteiger charge is 2.33. The number of hydrogen-bond donors (Lipinski definition) is 1. The van der Waals surface area contributed by atoms with Crippen molar-refractivity contribution >= 4 is 35.7 Å². The van der Waals surface area contributed by atoms with Crippen molar-refractivity contribution in [3.63, 3.8) is 0 Å². The van der Waals surface area contributed by atoms with E-state index in [1.807, 2.05) is 5.48 Å². The summed E-state index contributed by atoms with van der Waals surface area (Å²) in [6.45, 7) is -0.395. The lowest BCUT2D eigenvalue weighted by molar-refractivity contribution is -0.200. The zero-order valence-corrected chi connectivity index (χ0v) is 15.2. The van der Waals surface area contributed by atoms with Gasteiger partial charge in [-0.25, -0.2) is 9.59 Å². The van der Waals surface area contributed by atoms with Gasteiger partial charge in [-0.1, -0.05) is 0 Å². The van der Waals surface area contributed by atoms with Crippen LogP contribution in [0.1, 0.15) is 25.7 Å². The molecule has 2 heterocycles. The van der Waals surface area contributed by atoms with E-state index >= 15 is 0 Å². The number of ether oxygens (including phenoxy) is 2. The number of rotatable bonds is 11. The maximum atomic E-state index is 11.4. The molecule has 0 radical (unpaired) electrons. The van der Waals surface area contributed by atoms with Gasteiger partial charge in [-0.2, -0.15) is 5.48 Å². The molecular formula is C15H19N3O11. The van der Waals surface area contributed by atoms with Crippen LogP contribution in [-0.4, -0.2) is 78.9 Å². The van der Waals surface area contributed by atoms with E-state index in [4.69, 9.17) is 14.3 Å². The van der Waals surface area contributed by atoms with Gasteiger partial charge >= 0.3 is 12.1 Å². The van der Waals surface area contributed by atoms with Crippen LogP contribution in [0.3, 0.4) is 0 Å². The van der Waals surface area contributed by atoms with Crippen molar-refractivity contribution in [3.8, 4) is 0 Å². The van der Waals surface area contributed by atoms with Gasteiger partial charge in [0.1, 0.15) is 6.61 Å². The fourth-order valence-corrected chi connectivity index (χ4v) is 2.13. The highest BCUT2D eigenvalue weighted by atomic mass is 16.8. The molecule has 1 N–H and O–H groups in total. The van der Waals surface area contributed by atoms with E-state index in [9.17, 15) is 28.8 Å². The quantitative estimate of drug-likeness (QED) is 0.232. The second-order valence-corrected chi connectivity index (χ2v) is 5.62. The van der Waals surface area contributed by atoms with Gasteiger partial charge in [0.05, 0.1) is 26.4 Å². The minimum atomic E-state index is -1.13. The van der Waals surface area contributed by atoms with Gasteiger partial charge in [-0.15, -0.1) is 10.1 Å². The van der Waals surface area contributed by atoms with Crippen molar-refractivity contribution in [2.75, 3.05) is 33.0 Å². The Bertz CT molecular complexity index is 592. The number of hydroxylamine groups is 5. The topological polar surface area (TPSA) is 167 Å². The highest BCUT2D eigenvalue weighted by molar-refractivity contribution is 6.02. The molecule has 0 atom stereocenters. The Balaban J connectivity index is 1.42. The molecule has 14 nitrogen and oxygen atoms in total. The van der Waals surface area contributed by atoms with Gasteiger partial charge in [-0.05, 0) is 0 Å². The maximum Gasteiger partial charge on any atom is 0.456 e. The molecule has 14 heteroatoms. The average Bonchev–Trinajstić information content (AvgIpc) is 3.16. The van der Waals surface area contributed by atoms with Crippen molar-refractivity contribution in [3.05, 3.63) is 0 Å². The van der Waals surface area contributed by atoms with E-state index in [1.165, 1.54) is 0 Å². The molecule has 29 heavy (non-hydrogen) atoms. The van der Waals surface area contributed by atoms with Crippen molar-refractivity contribution in [1.82, 2.24) is 15.6 Å². The molecule has 0 unspecified atom stereocenters. The standard InChI is InChI=1S/C15H19N3O11/c19-10-1-2-11(20)17(10)28-14(23)9-26-6-5-25-7-8-27-16-15(24)29-18-12(21)3-4-13(18)22/h1-9H2,(H,16,24). The first-order chi connectivity index (χ1) is 13.9. The molecule has 0 spiro atoms. The Morgan fingerprint density at radius 3 is 1.79 bits per heavy atom. The normalized spacial score (nSPS) is 16.6. The first-order valence-corrected chi connectivity index (χ1v) is 8.56. The van der Waals surface area contributed by atoms with Gasteiger partial charge in [0, 0.05) is 25.7 Å². The monoisotopic (exact) mass is 417 g/mol. The maximum absolute atomic E-state index is 11.4. The summed E-state index contributed by atoms with van der Waals surface area (Å²) in [6.07, 6.45) is -1.16. The second-order valence-electron chi connectivity index (χ2n) is 5.62. The third kappa shape index (κ3) is 7.10. The van der Waals surface area contributed by atoms with Crippen LogP contribution >= 0.6 is 0 Å². The predicted molar refractivity (Wildman–Crippen MR) is 85.5 cm³/mol. The van der Waals surface area contributed by atoms with Crippen molar-refractivity contribution in [1.29, 1.82) is 0 Å². The second kappa shape index (κ2) is 11.0. The van der Waals surface area contributed by atoms with Crippen molar-refractivity contribution < 1.29 is 52.8 Å². The van der Waals surface area contributed by atoms with E-state index in [0.29, 0.717) is 10.1 Å². The van der Waals surface area contributed by atoms with Crippen LogP contribution < -0.4 is 5.48 Å². The molecule has 160 valence electrons. The Labute approximate surface area is 163 Å². The van der Waals surface area contributed by atoms with Crippen LogP contribution in [0.2, 0.25) is 0 Å². The van der Waals surface area contributed by atoms with E-state index < -0.39 is 42.3 Å². The molecule has 0 aromatic heterocycles. The van der Waals surface area contributed by atoms with Gasteiger partial charge in [0.25, 0.3) is 23.6 Å². The van der Waals surface area contributed by atoms with E-state index in [1.54, 1.807) is 0 Å². The predicted octanol–water partition coefficient (Wildman–Crippen LogP) is -1.65. The lowest BCUT2D eigenvalue weighted by atomic mass is 10.4. The molecule has 2 saturated heterocycles. The Morgan fingerprint density at radius 1 is 0.724 bits per heavy atom. The van der Waals surface area contributed by atoms with Gasteiger partial charge in [0.2, 0.25) is 0 Å². The molecule has 5 amide bonds. The van der Waals surface area contributed by atoms with Crippen molar-refractivity contribution in [2.24, 2.45) is 0 Å². The summed E-state index contributed by atoms with van der Waals surface area (Å²) >= 11 is 0. The smallest absolute Gasteiger partial charge is 0.377 e. The Kier molecular flexibility index (Phi) is 8.45. The largest absolute Gasteiger partial charge is 0.456 e. The number of carbonyl (C=O) groups is 6. The molecule has 0 saturated carbocycles. The molecule has 0 aromatic carbocycles. The summed E-state index contributed by atoms with van der Waals surface area (Å²) in [4.78, 5) is 81.6. The van der Waals surface area contributed by atoms with Gasteiger partial charge < -0.3 is 19.1 Å². The summed E-state index contributed by atoms with van der Waals surface area (Å²) in [5.41, 5.74) is 1.87. The lowest BCUT2D eigenvalue weighted by Gasteiger charge is -2.13. The summed E-state index contributed by atoms with van der Waals surface area (Å²) in [5, 5.41) is 0.792. The minimum absolute atomic E-state index is 0.00393. The molecule has 0 aromatic rings. The van der Waals surface area contributed by atoms with Gasteiger partial charge in [0.15, 0.2) is 0 Å². The van der Waals surface area contributed by atoms with E-state index in [2.05, 4.69) is 9.68 Å². The van der Waals surface area contributed by atoms with Crippen LogP contribution in [0.5, 0.6) is 0 Å². The van der Waals surface area contributed by atoms with E-state index in [-0.39, 0.29) is 52.1 Å². The molecule has 2 fully saturated rings. The highest BCUT2D eigenvalue weighted by Crippen LogP contribution is 2.12. The number of amides is 5. The molecule has 0 bridgehead atoms.